The van der Waals surface area contributed by atoms with E-state index in [1.54, 1.807) is 26.0 Å². The number of ether oxygens (including phenoxy) is 3. The van der Waals surface area contributed by atoms with Crippen LogP contribution in [0.2, 0.25) is 0 Å². The average molecular weight is 403 g/mol. The van der Waals surface area contributed by atoms with Gasteiger partial charge >= 0.3 is 15.2 Å². The van der Waals surface area contributed by atoms with Gasteiger partial charge in [0.2, 0.25) is 0 Å². The molecule has 0 aliphatic carbocycles. The summed E-state index contributed by atoms with van der Waals surface area (Å²) in [4.78, 5) is 0. The highest BCUT2D eigenvalue weighted by atomic mass is 32.2. The van der Waals surface area contributed by atoms with Crippen molar-refractivity contribution in [3.63, 3.8) is 0 Å². The zero-order chi connectivity index (χ0) is 20.2. The van der Waals surface area contributed by atoms with E-state index >= 15 is 0 Å². The minimum Gasteiger partial charge on any atom is -0.487 e. The fourth-order valence-electron chi connectivity index (χ4n) is 2.82. The summed E-state index contributed by atoms with van der Waals surface area (Å²) in [5, 5.41) is -2.21. The minimum absolute atomic E-state index is 0.0559. The number of rotatable bonds is 15. The van der Waals surface area contributed by atoms with Crippen LogP contribution in [-0.4, -0.2) is 37.9 Å². The zero-order valence-electron chi connectivity index (χ0n) is 16.8. The Bertz CT molecular complexity index is 606. The van der Waals surface area contributed by atoms with Crippen molar-refractivity contribution in [3.05, 3.63) is 29.8 Å². The molecule has 0 aliphatic rings. The molecule has 0 heterocycles. The molecule has 6 nitrogen and oxygen atoms in total. The highest BCUT2D eigenvalue weighted by molar-refractivity contribution is 7.86. The van der Waals surface area contributed by atoms with Crippen molar-refractivity contribution in [2.24, 2.45) is 0 Å². The molecule has 156 valence electrons. The van der Waals surface area contributed by atoms with Gasteiger partial charge in [0.15, 0.2) is 6.61 Å². The van der Waals surface area contributed by atoms with E-state index in [2.05, 4.69) is 6.92 Å². The highest BCUT2D eigenvalue weighted by Crippen LogP contribution is 2.23. The van der Waals surface area contributed by atoms with Gasteiger partial charge in [-0.25, -0.2) is 0 Å². The first kappa shape index (κ1) is 23.9. The van der Waals surface area contributed by atoms with Crippen LogP contribution in [0.5, 0.6) is 5.75 Å². The topological polar surface area (TPSA) is 82.1 Å². The molecule has 0 saturated carbocycles. The Kier molecular flexibility index (Phi) is 10.9. The van der Waals surface area contributed by atoms with Crippen molar-refractivity contribution in [2.75, 3.05) is 19.8 Å². The molecule has 1 aromatic rings. The summed E-state index contributed by atoms with van der Waals surface area (Å²) in [7, 11) is -4.62. The van der Waals surface area contributed by atoms with E-state index in [1.807, 2.05) is 12.1 Å². The van der Waals surface area contributed by atoms with Crippen LogP contribution in [-0.2, 0) is 26.0 Å². The molecule has 0 bridgehead atoms. The summed E-state index contributed by atoms with van der Waals surface area (Å²) in [6, 6.07) is 7.52. The summed E-state index contributed by atoms with van der Waals surface area (Å²) >= 11 is 0. The Morgan fingerprint density at radius 1 is 0.889 bits per heavy atom. The predicted molar refractivity (Wildman–Crippen MR) is 107 cm³/mol. The lowest BCUT2D eigenvalue weighted by atomic mass is 10.0. The van der Waals surface area contributed by atoms with Crippen molar-refractivity contribution >= 4 is 10.1 Å². The molecule has 27 heavy (non-hydrogen) atoms. The number of benzene rings is 1. The van der Waals surface area contributed by atoms with Gasteiger partial charge in [0, 0.05) is 13.2 Å². The van der Waals surface area contributed by atoms with E-state index in [-0.39, 0.29) is 13.2 Å². The SMILES string of the molecule is CCCCCCCCc1ccc(OCC(OCC)(OCC)S(=O)(=O)O)cc1. The smallest absolute Gasteiger partial charge is 0.335 e. The lowest BCUT2D eigenvalue weighted by molar-refractivity contribution is -0.191. The van der Waals surface area contributed by atoms with Crippen LogP contribution in [0.3, 0.4) is 0 Å². The van der Waals surface area contributed by atoms with Gasteiger partial charge in [-0.2, -0.15) is 8.42 Å². The Hall–Kier alpha value is -1.15. The summed E-state index contributed by atoms with van der Waals surface area (Å²) in [6.07, 6.45) is 8.55. The van der Waals surface area contributed by atoms with Gasteiger partial charge in [-0.15, -0.1) is 0 Å². The molecule has 0 aliphatic heterocycles. The molecule has 0 fully saturated rings. The van der Waals surface area contributed by atoms with Gasteiger partial charge in [-0.3, -0.25) is 4.55 Å². The maximum atomic E-state index is 11.7. The summed E-state index contributed by atoms with van der Waals surface area (Å²) in [5.41, 5.74) is 1.22. The Labute approximate surface area is 164 Å². The van der Waals surface area contributed by atoms with Crippen LogP contribution >= 0.6 is 0 Å². The third kappa shape index (κ3) is 8.17. The number of hydrogen-bond donors (Lipinski definition) is 1. The van der Waals surface area contributed by atoms with Crippen molar-refractivity contribution in [1.29, 1.82) is 0 Å². The lowest BCUT2D eigenvalue weighted by Crippen LogP contribution is -2.49. The molecule has 0 amide bonds. The van der Waals surface area contributed by atoms with Gasteiger partial charge in [-0.05, 0) is 44.4 Å². The third-order valence-corrected chi connectivity index (χ3v) is 5.42. The molecule has 1 N–H and O–H groups in total. The highest BCUT2D eigenvalue weighted by Gasteiger charge is 2.47. The van der Waals surface area contributed by atoms with E-state index in [0.717, 1.165) is 12.8 Å². The zero-order valence-corrected chi connectivity index (χ0v) is 17.6. The molecule has 0 radical (unpaired) electrons. The number of hydrogen-bond acceptors (Lipinski definition) is 5. The molecule has 0 spiro atoms. The fourth-order valence-corrected chi connectivity index (χ4v) is 3.56. The van der Waals surface area contributed by atoms with Crippen molar-refractivity contribution < 1.29 is 27.2 Å². The molecule has 0 unspecified atom stereocenters. The summed E-state index contributed by atoms with van der Waals surface area (Å²) in [5.74, 6) is 0.495. The Balaban J connectivity index is 2.58. The standard InChI is InChI=1S/C20H34O6S/c1-4-7-8-9-10-11-12-18-13-15-19(16-14-18)24-17-20(25-5-2,26-6-3)27(21,22)23/h13-16H,4-12,17H2,1-3H3,(H,21,22,23). The normalized spacial score (nSPS) is 12.3. The van der Waals surface area contributed by atoms with Crippen LogP contribution in [0.1, 0.15) is 64.9 Å². The third-order valence-electron chi connectivity index (χ3n) is 4.28. The molecule has 7 heteroatoms. The second kappa shape index (κ2) is 12.3. The maximum absolute atomic E-state index is 11.7. The molecular formula is C20H34O6S. The van der Waals surface area contributed by atoms with E-state index in [9.17, 15) is 13.0 Å². The van der Waals surface area contributed by atoms with E-state index in [0.29, 0.717) is 5.75 Å². The van der Waals surface area contributed by atoms with E-state index in [4.69, 9.17) is 14.2 Å². The number of unbranched alkanes of at least 4 members (excludes halogenated alkanes) is 5. The van der Waals surface area contributed by atoms with Crippen LogP contribution in [0.4, 0.5) is 0 Å². The van der Waals surface area contributed by atoms with Crippen molar-refractivity contribution in [1.82, 2.24) is 0 Å². The molecule has 1 aromatic carbocycles. The molecular weight excluding hydrogens is 368 g/mol. The second-order valence-electron chi connectivity index (χ2n) is 6.47. The van der Waals surface area contributed by atoms with Crippen molar-refractivity contribution in [3.8, 4) is 5.75 Å². The monoisotopic (exact) mass is 402 g/mol. The van der Waals surface area contributed by atoms with E-state index in [1.165, 1.54) is 37.7 Å². The first-order chi connectivity index (χ1) is 12.9. The van der Waals surface area contributed by atoms with E-state index < -0.39 is 21.8 Å². The molecule has 0 saturated heterocycles. The first-order valence-electron chi connectivity index (χ1n) is 9.85. The quantitative estimate of drug-likeness (QED) is 0.263. The van der Waals surface area contributed by atoms with Gasteiger partial charge in [0.25, 0.3) is 0 Å². The summed E-state index contributed by atoms with van der Waals surface area (Å²) in [6.45, 7) is 5.11. The van der Waals surface area contributed by atoms with Gasteiger partial charge in [0.05, 0.1) is 0 Å². The maximum Gasteiger partial charge on any atom is 0.335 e. The largest absolute Gasteiger partial charge is 0.487 e. The Morgan fingerprint density at radius 3 is 1.96 bits per heavy atom. The average Bonchev–Trinajstić information content (AvgIpc) is 2.63. The van der Waals surface area contributed by atoms with Crippen LogP contribution in [0, 0.1) is 0 Å². The van der Waals surface area contributed by atoms with Gasteiger partial charge < -0.3 is 14.2 Å². The second-order valence-corrected chi connectivity index (χ2v) is 8.05. The molecule has 1 rings (SSSR count). The Morgan fingerprint density at radius 2 is 1.44 bits per heavy atom. The predicted octanol–water partition coefficient (Wildman–Crippen LogP) is 4.58. The van der Waals surface area contributed by atoms with Crippen LogP contribution < -0.4 is 4.74 Å². The molecule has 0 aromatic heterocycles. The summed E-state index contributed by atoms with van der Waals surface area (Å²) < 4.78 is 48.9. The van der Waals surface area contributed by atoms with Gasteiger partial charge in [-0.1, -0.05) is 51.2 Å². The van der Waals surface area contributed by atoms with Crippen LogP contribution in [0.15, 0.2) is 24.3 Å². The van der Waals surface area contributed by atoms with Gasteiger partial charge in [0.1, 0.15) is 5.75 Å². The minimum atomic E-state index is -4.62. The lowest BCUT2D eigenvalue weighted by Gasteiger charge is -2.29. The van der Waals surface area contributed by atoms with Crippen LogP contribution in [0.25, 0.3) is 0 Å². The molecule has 0 atom stereocenters. The first-order valence-corrected chi connectivity index (χ1v) is 11.3. The van der Waals surface area contributed by atoms with Crippen molar-refractivity contribution in [2.45, 2.75) is 70.8 Å². The fraction of sp³-hybridized carbons (Fsp3) is 0.700. The number of aryl methyl sites for hydroxylation is 1.